The molecule has 3 nitrogen and oxygen atoms in total. The van der Waals surface area contributed by atoms with Gasteiger partial charge in [-0.15, -0.1) is 11.3 Å². The second kappa shape index (κ2) is 5.00. The van der Waals surface area contributed by atoms with Crippen LogP contribution in [0.4, 0.5) is 0 Å². The number of carboxylic acid groups (broad SMARTS) is 1. The minimum atomic E-state index is -1.03. The zero-order valence-electron chi connectivity index (χ0n) is 9.86. The fourth-order valence-electron chi connectivity index (χ4n) is 1.66. The van der Waals surface area contributed by atoms with E-state index in [2.05, 4.69) is 0 Å². The molecule has 0 aliphatic rings. The highest BCUT2D eigenvalue weighted by Gasteiger charge is 2.16. The molecule has 5 heteroatoms. The molecule has 0 saturated carbocycles. The molecule has 0 fully saturated rings. The van der Waals surface area contributed by atoms with E-state index in [1.807, 2.05) is 19.1 Å². The van der Waals surface area contributed by atoms with Gasteiger partial charge < -0.3 is 9.84 Å². The summed E-state index contributed by atoms with van der Waals surface area (Å²) in [7, 11) is 1.42. The van der Waals surface area contributed by atoms with Gasteiger partial charge in [0.1, 0.15) is 11.3 Å². The zero-order chi connectivity index (χ0) is 13.3. The molecule has 2 rings (SSSR count). The van der Waals surface area contributed by atoms with E-state index in [0.29, 0.717) is 10.6 Å². The number of aryl methyl sites for hydroxylation is 1. The molecule has 0 spiro atoms. The van der Waals surface area contributed by atoms with Gasteiger partial charge in [-0.05, 0) is 25.1 Å². The van der Waals surface area contributed by atoms with Crippen molar-refractivity contribution in [3.05, 3.63) is 39.7 Å². The molecular formula is C13H11ClO3S. The normalized spacial score (nSPS) is 10.4. The average molecular weight is 283 g/mol. The number of carboxylic acids is 1. The summed E-state index contributed by atoms with van der Waals surface area (Å²) in [6.45, 7) is 1.99. The van der Waals surface area contributed by atoms with Gasteiger partial charge in [0.2, 0.25) is 0 Å². The van der Waals surface area contributed by atoms with Crippen molar-refractivity contribution in [1.29, 1.82) is 0 Å². The Balaban J connectivity index is 2.62. The smallest absolute Gasteiger partial charge is 0.339 e. The largest absolute Gasteiger partial charge is 0.496 e. The van der Waals surface area contributed by atoms with Crippen LogP contribution in [0.2, 0.25) is 5.02 Å². The summed E-state index contributed by atoms with van der Waals surface area (Å²) in [4.78, 5) is 13.3. The first-order chi connectivity index (χ1) is 8.52. The fraction of sp³-hybridized carbons (Fsp3) is 0.154. The Morgan fingerprint density at radius 2 is 2.11 bits per heavy atom. The molecule has 0 radical (unpaired) electrons. The van der Waals surface area contributed by atoms with Gasteiger partial charge >= 0.3 is 5.97 Å². The number of methoxy groups -OCH3 is 1. The minimum absolute atomic E-state index is 0.114. The molecular weight excluding hydrogens is 272 g/mol. The lowest BCUT2D eigenvalue weighted by molar-refractivity contribution is 0.0693. The first-order valence-corrected chi connectivity index (χ1v) is 6.40. The lowest BCUT2D eigenvalue weighted by Gasteiger charge is -2.09. The van der Waals surface area contributed by atoms with Crippen LogP contribution in [-0.4, -0.2) is 18.2 Å². The van der Waals surface area contributed by atoms with E-state index in [9.17, 15) is 4.79 Å². The standard InChI is InChI=1S/C13H11ClO3S/c1-7-3-4-12(18-7)8-5-9(13(15)16)11(17-2)6-10(8)14/h3-6H,1-2H3,(H,15,16). The van der Waals surface area contributed by atoms with E-state index >= 15 is 0 Å². The third kappa shape index (κ3) is 2.35. The molecule has 0 amide bonds. The van der Waals surface area contributed by atoms with Crippen LogP contribution in [-0.2, 0) is 0 Å². The number of rotatable bonds is 3. The summed E-state index contributed by atoms with van der Waals surface area (Å²) in [5.74, 6) is -0.762. The molecule has 0 unspecified atom stereocenters. The monoisotopic (exact) mass is 282 g/mol. The Morgan fingerprint density at radius 3 is 2.61 bits per heavy atom. The van der Waals surface area contributed by atoms with Crippen LogP contribution in [0.1, 0.15) is 15.2 Å². The number of hydrogen-bond acceptors (Lipinski definition) is 3. The Hall–Kier alpha value is -1.52. The third-order valence-corrected chi connectivity index (χ3v) is 3.87. The molecule has 0 aliphatic carbocycles. The topological polar surface area (TPSA) is 46.5 Å². The quantitative estimate of drug-likeness (QED) is 0.922. The van der Waals surface area contributed by atoms with Gasteiger partial charge in [0, 0.05) is 21.4 Å². The molecule has 1 aromatic carbocycles. The van der Waals surface area contributed by atoms with E-state index in [0.717, 1.165) is 9.75 Å². The molecule has 94 valence electrons. The van der Waals surface area contributed by atoms with Crippen molar-refractivity contribution in [2.24, 2.45) is 0 Å². The van der Waals surface area contributed by atoms with Gasteiger partial charge in [0.05, 0.1) is 12.1 Å². The maximum atomic E-state index is 11.2. The van der Waals surface area contributed by atoms with E-state index in [1.165, 1.54) is 13.2 Å². The number of halogens is 1. The molecule has 18 heavy (non-hydrogen) atoms. The summed E-state index contributed by atoms with van der Waals surface area (Å²) >= 11 is 7.73. The summed E-state index contributed by atoms with van der Waals surface area (Å²) in [5, 5.41) is 9.63. The number of thiophene rings is 1. The molecule has 1 N–H and O–H groups in total. The number of benzene rings is 1. The number of ether oxygens (including phenoxy) is 1. The molecule has 0 bridgehead atoms. The Kier molecular flexibility index (Phi) is 3.59. The second-order valence-corrected chi connectivity index (χ2v) is 5.44. The molecule has 0 aliphatic heterocycles. The molecule has 0 atom stereocenters. The van der Waals surface area contributed by atoms with Crippen LogP contribution < -0.4 is 4.74 Å². The van der Waals surface area contributed by atoms with Gasteiger partial charge in [-0.3, -0.25) is 0 Å². The Bertz CT molecular complexity index is 604. The minimum Gasteiger partial charge on any atom is -0.496 e. The summed E-state index contributed by atoms with van der Waals surface area (Å²) < 4.78 is 5.02. The van der Waals surface area contributed by atoms with Crippen molar-refractivity contribution >= 4 is 28.9 Å². The molecule has 1 heterocycles. The predicted octanol–water partition coefficient (Wildman–Crippen LogP) is 4.08. The SMILES string of the molecule is COc1cc(Cl)c(-c2ccc(C)s2)cc1C(=O)O. The van der Waals surface area contributed by atoms with Gasteiger partial charge in [0.25, 0.3) is 0 Å². The highest BCUT2D eigenvalue weighted by molar-refractivity contribution is 7.15. The van der Waals surface area contributed by atoms with Crippen LogP contribution in [0.5, 0.6) is 5.75 Å². The number of aromatic carboxylic acids is 1. The van der Waals surface area contributed by atoms with E-state index in [4.69, 9.17) is 21.4 Å². The van der Waals surface area contributed by atoms with E-state index in [1.54, 1.807) is 17.4 Å². The molecule has 0 saturated heterocycles. The van der Waals surface area contributed by atoms with Gasteiger partial charge in [-0.25, -0.2) is 4.79 Å². The van der Waals surface area contributed by atoms with Gasteiger partial charge in [-0.1, -0.05) is 11.6 Å². The van der Waals surface area contributed by atoms with Crippen LogP contribution in [0, 0.1) is 6.92 Å². The van der Waals surface area contributed by atoms with Crippen LogP contribution >= 0.6 is 22.9 Å². The van der Waals surface area contributed by atoms with Crippen molar-refractivity contribution in [2.75, 3.05) is 7.11 Å². The highest BCUT2D eigenvalue weighted by Crippen LogP contribution is 2.37. The number of hydrogen-bond donors (Lipinski definition) is 1. The van der Waals surface area contributed by atoms with Crippen molar-refractivity contribution in [3.63, 3.8) is 0 Å². The van der Waals surface area contributed by atoms with Crippen molar-refractivity contribution in [2.45, 2.75) is 6.92 Å². The first kappa shape index (κ1) is 12.9. The van der Waals surface area contributed by atoms with E-state index in [-0.39, 0.29) is 11.3 Å². The van der Waals surface area contributed by atoms with Crippen molar-refractivity contribution in [1.82, 2.24) is 0 Å². The van der Waals surface area contributed by atoms with Crippen molar-refractivity contribution in [3.8, 4) is 16.2 Å². The molecule has 2 aromatic rings. The maximum Gasteiger partial charge on any atom is 0.339 e. The van der Waals surface area contributed by atoms with Crippen molar-refractivity contribution < 1.29 is 14.6 Å². The van der Waals surface area contributed by atoms with Gasteiger partial charge in [0.15, 0.2) is 0 Å². The van der Waals surface area contributed by atoms with E-state index < -0.39 is 5.97 Å². The molecule has 1 aromatic heterocycles. The van der Waals surface area contributed by atoms with Gasteiger partial charge in [-0.2, -0.15) is 0 Å². The van der Waals surface area contributed by atoms with Crippen LogP contribution in [0.3, 0.4) is 0 Å². The average Bonchev–Trinajstić information content (AvgIpc) is 2.74. The maximum absolute atomic E-state index is 11.2. The van der Waals surface area contributed by atoms with Crippen LogP contribution in [0.15, 0.2) is 24.3 Å². The fourth-order valence-corrected chi connectivity index (χ4v) is 2.87. The number of carbonyl (C=O) groups is 1. The lowest BCUT2D eigenvalue weighted by atomic mass is 10.1. The predicted molar refractivity (Wildman–Crippen MR) is 73.0 cm³/mol. The highest BCUT2D eigenvalue weighted by atomic mass is 35.5. The first-order valence-electron chi connectivity index (χ1n) is 5.20. The zero-order valence-corrected chi connectivity index (χ0v) is 11.4. The summed E-state index contributed by atoms with van der Waals surface area (Å²) in [5.41, 5.74) is 0.830. The Labute approximate surface area is 114 Å². The lowest BCUT2D eigenvalue weighted by Crippen LogP contribution is -2.01. The Morgan fingerprint density at radius 1 is 1.39 bits per heavy atom. The third-order valence-electron chi connectivity index (χ3n) is 2.53. The summed E-state index contributed by atoms with van der Waals surface area (Å²) in [6.07, 6.45) is 0. The van der Waals surface area contributed by atoms with Crippen LogP contribution in [0.25, 0.3) is 10.4 Å². The summed E-state index contributed by atoms with van der Waals surface area (Å²) in [6, 6.07) is 6.99. The second-order valence-electron chi connectivity index (χ2n) is 3.75.